The Kier molecular flexibility index (Phi) is 6.17. The maximum absolute atomic E-state index is 13.2. The highest BCUT2D eigenvalue weighted by molar-refractivity contribution is 7.87. The van der Waals surface area contributed by atoms with Gasteiger partial charge in [-0.15, -0.1) is 0 Å². The van der Waals surface area contributed by atoms with Crippen molar-refractivity contribution in [3.8, 4) is 6.07 Å². The molecular formula is C31H44F3NO3S. The van der Waals surface area contributed by atoms with Gasteiger partial charge >= 0.3 is 15.6 Å². The largest absolute Gasteiger partial charge is 0.534 e. The van der Waals surface area contributed by atoms with Crippen molar-refractivity contribution >= 4 is 10.1 Å². The van der Waals surface area contributed by atoms with Gasteiger partial charge in [-0.2, -0.15) is 26.9 Å². The molecule has 5 aliphatic carbocycles. The first kappa shape index (κ1) is 29.0. The summed E-state index contributed by atoms with van der Waals surface area (Å²) in [5.74, 6) is 0.467. The lowest BCUT2D eigenvalue weighted by Gasteiger charge is -2.70. The van der Waals surface area contributed by atoms with Gasteiger partial charge in [0.1, 0.15) is 5.76 Å². The minimum Gasteiger partial charge on any atom is -0.380 e. The summed E-state index contributed by atoms with van der Waals surface area (Å²) in [5.41, 5.74) is -5.19. The van der Waals surface area contributed by atoms with Crippen molar-refractivity contribution in [2.45, 2.75) is 112 Å². The molecule has 0 amide bonds. The third-order valence-electron chi connectivity index (χ3n) is 12.8. The Bertz CT molecular complexity index is 1270. The first-order valence-corrected chi connectivity index (χ1v) is 15.9. The Labute approximate surface area is 232 Å². The molecule has 7 atom stereocenters. The number of nitriles is 1. The third kappa shape index (κ3) is 3.83. The predicted molar refractivity (Wildman–Crippen MR) is 144 cm³/mol. The van der Waals surface area contributed by atoms with Gasteiger partial charge < -0.3 is 4.18 Å². The van der Waals surface area contributed by atoms with Crippen LogP contribution in [0.3, 0.4) is 0 Å². The standard InChI is InChI=1S/C31H44F3NO3S/c1-25(2)14-16-30(19-35)17-15-28(6)20(21(30)18-25)8-9-23-27(5)12-11-24(38-39(36,37)31(32,33)34)26(3,4)22(27)10-13-29(23,28)7/h8,11,21-23H,9-10,12-18H2,1-7H3/t21-,22-,23+,27-,28+,29+,30+/m0/s1. The molecule has 0 saturated heterocycles. The Hall–Kier alpha value is -1.49. The first-order chi connectivity index (χ1) is 17.7. The van der Waals surface area contributed by atoms with E-state index in [9.17, 15) is 26.9 Å². The van der Waals surface area contributed by atoms with Crippen LogP contribution in [0.5, 0.6) is 0 Å². The van der Waals surface area contributed by atoms with Crippen LogP contribution in [0.2, 0.25) is 0 Å². The van der Waals surface area contributed by atoms with Gasteiger partial charge in [0.25, 0.3) is 0 Å². The average molecular weight is 568 g/mol. The molecule has 218 valence electrons. The highest BCUT2D eigenvalue weighted by Gasteiger charge is 2.68. The summed E-state index contributed by atoms with van der Waals surface area (Å²) in [6, 6.07) is 2.80. The lowest BCUT2D eigenvalue weighted by atomic mass is 9.34. The van der Waals surface area contributed by atoms with Crippen LogP contribution < -0.4 is 0 Å². The molecule has 3 saturated carbocycles. The quantitative estimate of drug-likeness (QED) is 0.190. The molecular weight excluding hydrogens is 523 g/mol. The number of alkyl halides is 3. The fourth-order valence-corrected chi connectivity index (χ4v) is 11.0. The smallest absolute Gasteiger partial charge is 0.380 e. The maximum atomic E-state index is 13.2. The van der Waals surface area contributed by atoms with E-state index >= 15 is 0 Å². The fourth-order valence-electron chi connectivity index (χ4n) is 10.3. The number of nitrogens with zero attached hydrogens (tertiary/aromatic N) is 1. The lowest BCUT2D eigenvalue weighted by Crippen LogP contribution is -2.63. The van der Waals surface area contributed by atoms with Crippen molar-refractivity contribution < 1.29 is 25.8 Å². The summed E-state index contributed by atoms with van der Waals surface area (Å²) in [6.45, 7) is 15.5. The molecule has 0 radical (unpaired) electrons. The van der Waals surface area contributed by atoms with Crippen LogP contribution in [0.15, 0.2) is 23.5 Å². The number of fused-ring (bicyclic) bond motifs is 7. The van der Waals surface area contributed by atoms with Gasteiger partial charge in [0.2, 0.25) is 0 Å². The highest BCUT2D eigenvalue weighted by Crippen LogP contribution is 2.75. The van der Waals surface area contributed by atoms with Gasteiger partial charge in [0, 0.05) is 5.41 Å². The molecule has 0 aromatic rings. The summed E-state index contributed by atoms with van der Waals surface area (Å²) < 4.78 is 68.1. The van der Waals surface area contributed by atoms with Crippen LogP contribution in [0, 0.1) is 61.6 Å². The zero-order valence-corrected chi connectivity index (χ0v) is 25.3. The summed E-state index contributed by atoms with van der Waals surface area (Å²) >= 11 is 0. The van der Waals surface area contributed by atoms with Crippen molar-refractivity contribution in [2.24, 2.45) is 50.2 Å². The maximum Gasteiger partial charge on any atom is 0.534 e. The molecule has 3 fully saturated rings. The molecule has 0 aromatic heterocycles. The molecule has 5 aliphatic rings. The van der Waals surface area contributed by atoms with Gasteiger partial charge in [0.15, 0.2) is 0 Å². The molecule has 0 unspecified atom stereocenters. The van der Waals surface area contributed by atoms with Gasteiger partial charge in [-0.25, -0.2) is 0 Å². The minimum absolute atomic E-state index is 0.0135. The van der Waals surface area contributed by atoms with E-state index in [-0.39, 0.29) is 44.7 Å². The zero-order chi connectivity index (χ0) is 29.1. The molecule has 0 bridgehead atoms. The van der Waals surface area contributed by atoms with E-state index in [1.54, 1.807) is 6.08 Å². The first-order valence-electron chi connectivity index (χ1n) is 14.5. The second kappa shape index (κ2) is 8.29. The van der Waals surface area contributed by atoms with E-state index in [1.807, 2.05) is 13.8 Å². The van der Waals surface area contributed by atoms with E-state index < -0.39 is 21.0 Å². The van der Waals surface area contributed by atoms with E-state index in [2.05, 4.69) is 46.8 Å². The molecule has 4 nitrogen and oxygen atoms in total. The molecule has 0 aliphatic heterocycles. The summed E-state index contributed by atoms with van der Waals surface area (Å²) in [5, 5.41) is 10.4. The van der Waals surface area contributed by atoms with Crippen LogP contribution in [0.25, 0.3) is 0 Å². The molecule has 0 N–H and O–H groups in total. The van der Waals surface area contributed by atoms with Crippen molar-refractivity contribution in [2.75, 3.05) is 0 Å². The van der Waals surface area contributed by atoms with Crippen LogP contribution in [0.1, 0.15) is 106 Å². The molecule has 8 heteroatoms. The van der Waals surface area contributed by atoms with Crippen LogP contribution in [0.4, 0.5) is 13.2 Å². The van der Waals surface area contributed by atoms with Crippen LogP contribution in [-0.2, 0) is 14.3 Å². The molecule has 0 heterocycles. The topological polar surface area (TPSA) is 67.2 Å². The predicted octanol–water partition coefficient (Wildman–Crippen LogP) is 8.67. The van der Waals surface area contributed by atoms with E-state index in [1.165, 1.54) is 5.57 Å². The molecule has 0 aromatic carbocycles. The molecule has 0 spiro atoms. The summed E-state index contributed by atoms with van der Waals surface area (Å²) in [7, 11) is -5.72. The molecule has 5 rings (SSSR count). The highest BCUT2D eigenvalue weighted by atomic mass is 32.2. The Balaban J connectivity index is 1.54. The minimum atomic E-state index is -5.72. The molecule has 39 heavy (non-hydrogen) atoms. The van der Waals surface area contributed by atoms with Crippen molar-refractivity contribution in [1.82, 2.24) is 0 Å². The number of hydrogen-bond acceptors (Lipinski definition) is 4. The number of allylic oxidation sites excluding steroid dienone is 4. The van der Waals surface area contributed by atoms with Gasteiger partial charge in [-0.05, 0) is 103 Å². The van der Waals surface area contributed by atoms with Crippen LogP contribution >= 0.6 is 0 Å². The number of rotatable bonds is 2. The van der Waals surface area contributed by atoms with Crippen LogP contribution in [-0.4, -0.2) is 13.9 Å². The van der Waals surface area contributed by atoms with E-state index in [4.69, 9.17) is 4.18 Å². The normalized spacial score (nSPS) is 44.8. The lowest BCUT2D eigenvalue weighted by molar-refractivity contribution is -0.163. The Morgan fingerprint density at radius 3 is 2.21 bits per heavy atom. The van der Waals surface area contributed by atoms with E-state index in [0.29, 0.717) is 12.3 Å². The monoisotopic (exact) mass is 567 g/mol. The van der Waals surface area contributed by atoms with E-state index in [0.717, 1.165) is 51.4 Å². The van der Waals surface area contributed by atoms with Gasteiger partial charge in [0.05, 0.1) is 11.5 Å². The Morgan fingerprint density at radius 1 is 0.949 bits per heavy atom. The zero-order valence-electron chi connectivity index (χ0n) is 24.5. The third-order valence-corrected chi connectivity index (χ3v) is 13.8. The second-order valence-corrected chi connectivity index (χ2v) is 17.0. The van der Waals surface area contributed by atoms with Crippen molar-refractivity contribution in [3.63, 3.8) is 0 Å². The SMILES string of the molecule is CC1(C)CC[C@]2(C#N)CC[C@]3(C)C(=CC[C@@H]4[C@@]5(C)CC=C(OS(=O)(=O)C(F)(F)F)C(C)(C)[C@@H]5CC[C@]43C)[C@@H]2C1. The van der Waals surface area contributed by atoms with Gasteiger partial charge in [-0.1, -0.05) is 60.1 Å². The summed E-state index contributed by atoms with van der Waals surface area (Å²) in [4.78, 5) is 0. The second-order valence-electron chi connectivity index (χ2n) is 15.5. The summed E-state index contributed by atoms with van der Waals surface area (Å²) in [6.07, 6.45) is 12.1. The number of hydrogen-bond donors (Lipinski definition) is 0. The Morgan fingerprint density at radius 2 is 1.59 bits per heavy atom. The fraction of sp³-hybridized carbons (Fsp3) is 0.839. The van der Waals surface area contributed by atoms with Crippen molar-refractivity contribution in [3.05, 3.63) is 23.5 Å². The number of halogens is 3. The van der Waals surface area contributed by atoms with Gasteiger partial charge in [-0.3, -0.25) is 0 Å². The van der Waals surface area contributed by atoms with Crippen molar-refractivity contribution in [1.29, 1.82) is 5.26 Å². The average Bonchev–Trinajstić information content (AvgIpc) is 2.80.